The molecule has 0 radical (unpaired) electrons. The molecular formula is C21H28N2O3. The number of nitrogens with zero attached hydrogens (tertiary/aromatic N) is 1. The average Bonchev–Trinajstić information content (AvgIpc) is 2.64. The zero-order valence-corrected chi connectivity index (χ0v) is 15.7. The zero-order valence-electron chi connectivity index (χ0n) is 15.7. The Bertz CT molecular complexity index is 833. The van der Waals surface area contributed by atoms with Crippen LogP contribution in [0.3, 0.4) is 0 Å². The lowest BCUT2D eigenvalue weighted by Gasteiger charge is -2.21. The van der Waals surface area contributed by atoms with Crippen molar-refractivity contribution in [2.75, 3.05) is 7.11 Å². The van der Waals surface area contributed by atoms with Crippen molar-refractivity contribution in [2.24, 2.45) is 0 Å². The highest BCUT2D eigenvalue weighted by Crippen LogP contribution is 2.20. The lowest BCUT2D eigenvalue weighted by Crippen LogP contribution is -2.38. The smallest absolute Gasteiger partial charge is 0.256 e. The molecule has 1 heterocycles. The first-order valence-corrected chi connectivity index (χ1v) is 9.66. The highest BCUT2D eigenvalue weighted by Gasteiger charge is 2.19. The van der Waals surface area contributed by atoms with E-state index in [2.05, 4.69) is 5.32 Å². The lowest BCUT2D eigenvalue weighted by atomic mass is 9.96. The number of pyridine rings is 1. The fraction of sp³-hybridized carbons (Fsp3) is 0.524. The summed E-state index contributed by atoms with van der Waals surface area (Å²) in [6, 6.07) is 5.59. The molecule has 0 saturated heterocycles. The molecule has 1 N–H and O–H groups in total. The number of nitrogens with one attached hydrogen (secondary N) is 1. The third-order valence-electron chi connectivity index (χ3n) is 5.31. The predicted molar refractivity (Wildman–Crippen MR) is 104 cm³/mol. The standard InChI is InChI=1S/C21H28N2O3/c1-3-23-14-18(20(24)17-13-16(26-2)11-12-19(17)23)21(25)22-15-9-7-5-4-6-8-10-15/h11-15H,3-10H2,1-2H3,(H,22,25). The van der Waals surface area contributed by atoms with Gasteiger partial charge in [-0.1, -0.05) is 32.1 Å². The molecule has 1 amide bonds. The van der Waals surface area contributed by atoms with Gasteiger partial charge < -0.3 is 14.6 Å². The van der Waals surface area contributed by atoms with Crippen molar-refractivity contribution < 1.29 is 9.53 Å². The molecule has 0 bridgehead atoms. The van der Waals surface area contributed by atoms with E-state index in [1.807, 2.05) is 23.6 Å². The molecule has 1 aliphatic carbocycles. The lowest BCUT2D eigenvalue weighted by molar-refractivity contribution is 0.0929. The van der Waals surface area contributed by atoms with E-state index in [0.717, 1.165) is 31.2 Å². The van der Waals surface area contributed by atoms with Crippen LogP contribution in [0.15, 0.2) is 29.2 Å². The fourth-order valence-corrected chi connectivity index (χ4v) is 3.79. The second kappa shape index (κ2) is 8.39. The van der Waals surface area contributed by atoms with Crippen LogP contribution < -0.4 is 15.5 Å². The number of carbonyl (C=O) groups is 1. The Labute approximate surface area is 154 Å². The number of aryl methyl sites for hydroxylation is 1. The van der Waals surface area contributed by atoms with Crippen LogP contribution in [0, 0.1) is 0 Å². The molecule has 1 aliphatic rings. The molecule has 1 saturated carbocycles. The van der Waals surface area contributed by atoms with E-state index in [1.54, 1.807) is 19.4 Å². The van der Waals surface area contributed by atoms with Gasteiger partial charge in [-0.25, -0.2) is 0 Å². The minimum absolute atomic E-state index is 0.165. The van der Waals surface area contributed by atoms with Gasteiger partial charge in [0.2, 0.25) is 5.43 Å². The second-order valence-electron chi connectivity index (χ2n) is 7.06. The van der Waals surface area contributed by atoms with Gasteiger partial charge in [0.1, 0.15) is 11.3 Å². The number of hydrogen-bond acceptors (Lipinski definition) is 3. The molecule has 26 heavy (non-hydrogen) atoms. The van der Waals surface area contributed by atoms with Gasteiger partial charge in [-0.15, -0.1) is 0 Å². The summed E-state index contributed by atoms with van der Waals surface area (Å²) in [6.45, 7) is 2.69. The summed E-state index contributed by atoms with van der Waals surface area (Å²) in [5.74, 6) is 0.363. The summed E-state index contributed by atoms with van der Waals surface area (Å²) >= 11 is 0. The number of hydrogen-bond donors (Lipinski definition) is 1. The van der Waals surface area contributed by atoms with Crippen molar-refractivity contribution in [3.8, 4) is 5.75 Å². The van der Waals surface area contributed by atoms with Crippen molar-refractivity contribution in [3.05, 3.63) is 40.2 Å². The summed E-state index contributed by atoms with van der Waals surface area (Å²) in [7, 11) is 1.57. The van der Waals surface area contributed by atoms with E-state index in [1.165, 1.54) is 19.3 Å². The van der Waals surface area contributed by atoms with Crippen molar-refractivity contribution >= 4 is 16.8 Å². The molecule has 140 valence electrons. The Hall–Kier alpha value is -2.30. The van der Waals surface area contributed by atoms with Gasteiger partial charge in [0, 0.05) is 18.8 Å². The Balaban J connectivity index is 1.94. The Morgan fingerprint density at radius 3 is 2.54 bits per heavy atom. The van der Waals surface area contributed by atoms with E-state index in [4.69, 9.17) is 4.74 Å². The van der Waals surface area contributed by atoms with Crippen LogP contribution in [0.2, 0.25) is 0 Å². The van der Waals surface area contributed by atoms with Crippen LogP contribution in [-0.4, -0.2) is 23.6 Å². The van der Waals surface area contributed by atoms with Gasteiger partial charge in [0.05, 0.1) is 18.0 Å². The van der Waals surface area contributed by atoms with Crippen molar-refractivity contribution in [1.82, 2.24) is 9.88 Å². The third-order valence-corrected chi connectivity index (χ3v) is 5.31. The van der Waals surface area contributed by atoms with Crippen molar-refractivity contribution in [2.45, 2.75) is 64.5 Å². The van der Waals surface area contributed by atoms with E-state index in [9.17, 15) is 9.59 Å². The molecule has 5 heteroatoms. The van der Waals surface area contributed by atoms with Gasteiger partial charge >= 0.3 is 0 Å². The van der Waals surface area contributed by atoms with Gasteiger partial charge in [0.25, 0.3) is 5.91 Å². The number of aromatic nitrogens is 1. The highest BCUT2D eigenvalue weighted by molar-refractivity contribution is 5.97. The molecule has 0 unspecified atom stereocenters. The predicted octanol–water partition coefficient (Wildman–Crippen LogP) is 3.87. The molecule has 1 fully saturated rings. The Kier molecular flexibility index (Phi) is 5.96. The van der Waals surface area contributed by atoms with Crippen molar-refractivity contribution in [3.63, 3.8) is 0 Å². The number of amides is 1. The van der Waals surface area contributed by atoms with Gasteiger partial charge in [-0.2, -0.15) is 0 Å². The third kappa shape index (κ3) is 3.92. The van der Waals surface area contributed by atoms with E-state index in [0.29, 0.717) is 17.7 Å². The molecule has 3 rings (SSSR count). The molecule has 5 nitrogen and oxygen atoms in total. The quantitative estimate of drug-likeness (QED) is 0.904. The van der Waals surface area contributed by atoms with Crippen LogP contribution >= 0.6 is 0 Å². The van der Waals surface area contributed by atoms with Crippen LogP contribution in [0.5, 0.6) is 5.75 Å². The summed E-state index contributed by atoms with van der Waals surface area (Å²) in [6.07, 6.45) is 9.70. The van der Waals surface area contributed by atoms with E-state index < -0.39 is 0 Å². The average molecular weight is 356 g/mol. The minimum atomic E-state index is -0.257. The molecule has 2 aromatic rings. The molecule has 0 spiro atoms. The number of fused-ring (bicyclic) bond motifs is 1. The topological polar surface area (TPSA) is 60.3 Å². The second-order valence-corrected chi connectivity index (χ2v) is 7.06. The molecule has 0 aliphatic heterocycles. The van der Waals surface area contributed by atoms with Crippen LogP contribution in [0.25, 0.3) is 10.9 Å². The number of benzene rings is 1. The summed E-state index contributed by atoms with van der Waals surface area (Å²) < 4.78 is 7.20. The molecule has 1 aromatic heterocycles. The largest absolute Gasteiger partial charge is 0.497 e. The number of carbonyl (C=O) groups excluding carboxylic acids is 1. The van der Waals surface area contributed by atoms with Gasteiger partial charge in [-0.05, 0) is 38.0 Å². The zero-order chi connectivity index (χ0) is 18.5. The first kappa shape index (κ1) is 18.5. The van der Waals surface area contributed by atoms with Gasteiger partial charge in [-0.3, -0.25) is 9.59 Å². The summed E-state index contributed by atoms with van der Waals surface area (Å²) in [4.78, 5) is 25.8. The monoisotopic (exact) mass is 356 g/mol. The molecule has 0 atom stereocenters. The van der Waals surface area contributed by atoms with Gasteiger partial charge in [0.15, 0.2) is 0 Å². The first-order chi connectivity index (χ1) is 12.6. The van der Waals surface area contributed by atoms with E-state index >= 15 is 0 Å². The SMILES string of the molecule is CCn1cc(C(=O)NC2CCCCCCC2)c(=O)c2cc(OC)ccc21. The number of rotatable bonds is 4. The number of ether oxygens (including phenoxy) is 1. The summed E-state index contributed by atoms with van der Waals surface area (Å²) in [5, 5.41) is 3.63. The van der Waals surface area contributed by atoms with E-state index in [-0.39, 0.29) is 22.9 Å². The Morgan fingerprint density at radius 1 is 1.19 bits per heavy atom. The normalized spacial score (nSPS) is 16.1. The maximum Gasteiger partial charge on any atom is 0.256 e. The Morgan fingerprint density at radius 2 is 1.88 bits per heavy atom. The van der Waals surface area contributed by atoms with Crippen LogP contribution in [0.1, 0.15) is 62.2 Å². The van der Waals surface area contributed by atoms with Crippen molar-refractivity contribution in [1.29, 1.82) is 0 Å². The molecule has 1 aromatic carbocycles. The van der Waals surface area contributed by atoms with Crippen LogP contribution in [-0.2, 0) is 6.54 Å². The summed E-state index contributed by atoms with van der Waals surface area (Å²) in [5.41, 5.74) is 0.808. The maximum atomic E-state index is 12.9. The number of methoxy groups -OCH3 is 1. The fourth-order valence-electron chi connectivity index (χ4n) is 3.79. The maximum absolute atomic E-state index is 12.9. The highest BCUT2D eigenvalue weighted by atomic mass is 16.5. The first-order valence-electron chi connectivity index (χ1n) is 9.66. The minimum Gasteiger partial charge on any atom is -0.497 e. The molecular weight excluding hydrogens is 328 g/mol. The van der Waals surface area contributed by atoms with Crippen LogP contribution in [0.4, 0.5) is 0 Å².